The minimum Gasteiger partial charge on any atom is -0.378 e. The van der Waals surface area contributed by atoms with E-state index in [-0.39, 0.29) is 23.5 Å². The molecule has 128 valence electrons. The molecule has 0 spiro atoms. The van der Waals surface area contributed by atoms with Crippen molar-refractivity contribution in [2.45, 2.75) is 44.9 Å². The highest BCUT2D eigenvalue weighted by atomic mass is 16.5. The van der Waals surface area contributed by atoms with Crippen molar-refractivity contribution in [2.75, 3.05) is 20.3 Å². The highest BCUT2D eigenvalue weighted by Gasteiger charge is 2.62. The molecular weight excluding hydrogens is 292 g/mol. The monoisotopic (exact) mass is 320 g/mol. The van der Waals surface area contributed by atoms with Crippen molar-refractivity contribution in [3.63, 3.8) is 0 Å². The van der Waals surface area contributed by atoms with Crippen molar-refractivity contribution >= 4 is 5.91 Å². The van der Waals surface area contributed by atoms with E-state index in [4.69, 9.17) is 15.2 Å². The van der Waals surface area contributed by atoms with Crippen LogP contribution in [0.4, 0.5) is 0 Å². The Morgan fingerprint density at radius 1 is 1.39 bits per heavy atom. The van der Waals surface area contributed by atoms with Gasteiger partial charge in [-0.1, -0.05) is 44.2 Å². The van der Waals surface area contributed by atoms with E-state index in [0.29, 0.717) is 19.6 Å². The van der Waals surface area contributed by atoms with Gasteiger partial charge in [0.2, 0.25) is 5.91 Å². The smallest absolute Gasteiger partial charge is 0.240 e. The molecule has 3 atom stereocenters. The third-order valence-electron chi connectivity index (χ3n) is 5.14. The molecule has 1 fully saturated rings. The van der Waals surface area contributed by atoms with Crippen LogP contribution in [0.1, 0.15) is 38.9 Å². The standard InChI is InChI=1S/C18H28N2O3/c1-5-23-15-11-18(19,17(15,2)3)16(21)20-12-14(22-4)13-9-7-6-8-10-13/h6-10,14-15H,5,11-12,19H2,1-4H3,(H,20,21). The fourth-order valence-electron chi connectivity index (χ4n) is 3.17. The maximum absolute atomic E-state index is 12.6. The van der Waals surface area contributed by atoms with E-state index in [0.717, 1.165) is 5.56 Å². The molecule has 0 aliphatic heterocycles. The lowest BCUT2D eigenvalue weighted by Crippen LogP contribution is -2.75. The Morgan fingerprint density at radius 3 is 2.57 bits per heavy atom. The number of methoxy groups -OCH3 is 1. The van der Waals surface area contributed by atoms with Crippen LogP contribution in [0.2, 0.25) is 0 Å². The highest BCUT2D eigenvalue weighted by molar-refractivity contribution is 5.88. The summed E-state index contributed by atoms with van der Waals surface area (Å²) < 4.78 is 11.2. The van der Waals surface area contributed by atoms with Crippen molar-refractivity contribution in [1.29, 1.82) is 0 Å². The van der Waals surface area contributed by atoms with Crippen molar-refractivity contribution in [1.82, 2.24) is 5.32 Å². The molecule has 0 aromatic heterocycles. The predicted molar refractivity (Wildman–Crippen MR) is 89.9 cm³/mol. The number of nitrogens with two attached hydrogens (primary N) is 1. The van der Waals surface area contributed by atoms with Crippen LogP contribution < -0.4 is 11.1 Å². The van der Waals surface area contributed by atoms with Gasteiger partial charge in [-0.2, -0.15) is 0 Å². The first-order chi connectivity index (χ1) is 10.9. The number of benzene rings is 1. The number of hydrogen-bond donors (Lipinski definition) is 2. The number of carbonyl (C=O) groups excluding carboxylic acids is 1. The predicted octanol–water partition coefficient (Wildman–Crippen LogP) is 2.02. The lowest BCUT2D eigenvalue weighted by molar-refractivity contribution is -0.171. The van der Waals surface area contributed by atoms with Crippen molar-refractivity contribution in [2.24, 2.45) is 11.1 Å². The molecule has 1 aromatic rings. The Labute approximate surface area is 138 Å². The summed E-state index contributed by atoms with van der Waals surface area (Å²) in [7, 11) is 1.64. The van der Waals surface area contributed by atoms with E-state index in [1.807, 2.05) is 51.1 Å². The number of carbonyl (C=O) groups is 1. The van der Waals surface area contributed by atoms with Gasteiger partial charge in [0.15, 0.2) is 0 Å². The molecule has 3 unspecified atom stereocenters. The van der Waals surface area contributed by atoms with E-state index in [2.05, 4.69) is 5.32 Å². The van der Waals surface area contributed by atoms with Crippen LogP contribution in [0.5, 0.6) is 0 Å². The van der Waals surface area contributed by atoms with Crippen LogP contribution in [-0.4, -0.2) is 37.8 Å². The third-order valence-corrected chi connectivity index (χ3v) is 5.14. The number of hydrogen-bond acceptors (Lipinski definition) is 4. The molecule has 1 aliphatic rings. The van der Waals surface area contributed by atoms with Crippen LogP contribution in [-0.2, 0) is 14.3 Å². The Kier molecular flexibility index (Phi) is 5.45. The van der Waals surface area contributed by atoms with Gasteiger partial charge in [0.25, 0.3) is 0 Å². The molecule has 0 heterocycles. The first-order valence-corrected chi connectivity index (χ1v) is 8.13. The van der Waals surface area contributed by atoms with E-state index < -0.39 is 5.54 Å². The molecule has 0 radical (unpaired) electrons. The molecule has 3 N–H and O–H groups in total. The largest absolute Gasteiger partial charge is 0.378 e. The topological polar surface area (TPSA) is 73.6 Å². The van der Waals surface area contributed by atoms with Crippen LogP contribution in [0, 0.1) is 5.41 Å². The minimum absolute atomic E-state index is 0.0237. The zero-order chi connectivity index (χ0) is 17.1. The average Bonchev–Trinajstić information content (AvgIpc) is 2.55. The van der Waals surface area contributed by atoms with E-state index in [1.54, 1.807) is 7.11 Å². The molecule has 1 aromatic carbocycles. The SMILES string of the molecule is CCOC1CC(N)(C(=O)NCC(OC)c2ccccc2)C1(C)C. The maximum atomic E-state index is 12.6. The maximum Gasteiger partial charge on any atom is 0.240 e. The minimum atomic E-state index is -0.901. The quantitative estimate of drug-likeness (QED) is 0.806. The molecule has 0 saturated heterocycles. The van der Waals surface area contributed by atoms with Crippen LogP contribution >= 0.6 is 0 Å². The summed E-state index contributed by atoms with van der Waals surface area (Å²) >= 11 is 0. The highest BCUT2D eigenvalue weighted by Crippen LogP contribution is 2.49. The molecule has 1 saturated carbocycles. The molecule has 5 nitrogen and oxygen atoms in total. The second kappa shape index (κ2) is 6.99. The molecule has 1 amide bonds. The van der Waals surface area contributed by atoms with E-state index in [9.17, 15) is 4.79 Å². The number of ether oxygens (including phenoxy) is 2. The summed E-state index contributed by atoms with van der Waals surface area (Å²) in [5, 5.41) is 2.95. The lowest BCUT2D eigenvalue weighted by Gasteiger charge is -2.57. The molecular formula is C18H28N2O3. The van der Waals surface area contributed by atoms with Crippen LogP contribution in [0.15, 0.2) is 30.3 Å². The fraction of sp³-hybridized carbons (Fsp3) is 0.611. The number of nitrogens with one attached hydrogen (secondary N) is 1. The molecule has 1 aliphatic carbocycles. The van der Waals surface area contributed by atoms with Gasteiger partial charge in [-0.15, -0.1) is 0 Å². The Bertz CT molecular complexity index is 532. The Hall–Kier alpha value is -1.43. The lowest BCUT2D eigenvalue weighted by atomic mass is 9.54. The average molecular weight is 320 g/mol. The summed E-state index contributed by atoms with van der Waals surface area (Å²) in [4.78, 5) is 12.6. The number of amides is 1. The van der Waals surface area contributed by atoms with Gasteiger partial charge in [0.1, 0.15) is 5.54 Å². The Morgan fingerprint density at radius 2 is 2.04 bits per heavy atom. The van der Waals surface area contributed by atoms with Gasteiger partial charge < -0.3 is 20.5 Å². The number of rotatable bonds is 7. The van der Waals surface area contributed by atoms with Crippen molar-refractivity contribution in [3.05, 3.63) is 35.9 Å². The summed E-state index contributed by atoms with van der Waals surface area (Å²) in [6.45, 7) is 6.96. The second-order valence-corrected chi connectivity index (χ2v) is 6.69. The van der Waals surface area contributed by atoms with E-state index in [1.165, 1.54) is 0 Å². The molecule has 23 heavy (non-hydrogen) atoms. The normalized spacial score (nSPS) is 27.1. The fourth-order valence-corrected chi connectivity index (χ4v) is 3.17. The summed E-state index contributed by atoms with van der Waals surface area (Å²) in [6.07, 6.45) is 0.382. The zero-order valence-corrected chi connectivity index (χ0v) is 14.5. The van der Waals surface area contributed by atoms with Gasteiger partial charge in [-0.3, -0.25) is 4.79 Å². The molecule has 2 rings (SSSR count). The van der Waals surface area contributed by atoms with Gasteiger partial charge in [-0.25, -0.2) is 0 Å². The van der Waals surface area contributed by atoms with Crippen LogP contribution in [0.25, 0.3) is 0 Å². The first kappa shape index (κ1) is 17.9. The van der Waals surface area contributed by atoms with Gasteiger partial charge in [0.05, 0.1) is 12.2 Å². The summed E-state index contributed by atoms with van der Waals surface area (Å²) in [5.41, 5.74) is 6.12. The van der Waals surface area contributed by atoms with Gasteiger partial charge in [-0.05, 0) is 12.5 Å². The summed E-state index contributed by atoms with van der Waals surface area (Å²) in [5.74, 6) is -0.142. The van der Waals surface area contributed by atoms with E-state index >= 15 is 0 Å². The van der Waals surface area contributed by atoms with Crippen molar-refractivity contribution < 1.29 is 14.3 Å². The van der Waals surface area contributed by atoms with Crippen LogP contribution in [0.3, 0.4) is 0 Å². The van der Waals surface area contributed by atoms with Gasteiger partial charge in [0, 0.05) is 32.1 Å². The second-order valence-electron chi connectivity index (χ2n) is 6.69. The van der Waals surface area contributed by atoms with Gasteiger partial charge >= 0.3 is 0 Å². The Balaban J connectivity index is 1.97. The van der Waals surface area contributed by atoms with Crippen molar-refractivity contribution in [3.8, 4) is 0 Å². The third kappa shape index (κ3) is 3.27. The first-order valence-electron chi connectivity index (χ1n) is 8.13. The zero-order valence-electron chi connectivity index (χ0n) is 14.5. The molecule has 5 heteroatoms. The summed E-state index contributed by atoms with van der Waals surface area (Å²) in [6, 6.07) is 9.83. The molecule has 0 bridgehead atoms.